The fourth-order valence-corrected chi connectivity index (χ4v) is 3.49. The van der Waals surface area contributed by atoms with Crippen molar-refractivity contribution >= 4 is 27.9 Å². The van der Waals surface area contributed by atoms with Crippen molar-refractivity contribution < 1.29 is 14.3 Å². The number of H-pyrrole nitrogens is 1. The van der Waals surface area contributed by atoms with Gasteiger partial charge in [-0.05, 0) is 18.9 Å². The zero-order valence-electron chi connectivity index (χ0n) is 14.1. The molecule has 0 spiro atoms. The molecule has 2 aromatic heterocycles. The Morgan fingerprint density at radius 1 is 1.26 bits per heavy atom. The molecular formula is C20H14FN3O3. The van der Waals surface area contributed by atoms with Crippen molar-refractivity contribution in [2.75, 3.05) is 0 Å². The first kappa shape index (κ1) is 15.7. The van der Waals surface area contributed by atoms with Crippen LogP contribution in [0.2, 0.25) is 0 Å². The molecule has 5 rings (SSSR count). The number of aromatic amines is 1. The summed E-state index contributed by atoms with van der Waals surface area (Å²) >= 11 is 0. The molecular weight excluding hydrogens is 349 g/mol. The largest absolute Gasteiger partial charge is 0.477 e. The van der Waals surface area contributed by atoms with Crippen LogP contribution in [-0.4, -0.2) is 25.6 Å². The Labute approximate surface area is 151 Å². The third-order valence-corrected chi connectivity index (χ3v) is 4.93. The average Bonchev–Trinajstić information content (AvgIpc) is 3.40. The lowest BCUT2D eigenvalue weighted by molar-refractivity contribution is 0.0695. The molecule has 2 N–H and O–H groups in total. The molecule has 0 amide bonds. The lowest BCUT2D eigenvalue weighted by Gasteiger charge is -2.12. The van der Waals surface area contributed by atoms with E-state index in [-0.39, 0.29) is 22.5 Å². The van der Waals surface area contributed by atoms with E-state index in [0.29, 0.717) is 16.9 Å². The fourth-order valence-electron chi connectivity index (χ4n) is 3.49. The number of nitrogens with one attached hydrogen (secondary N) is 1. The molecule has 6 nitrogen and oxygen atoms in total. The van der Waals surface area contributed by atoms with Gasteiger partial charge in [0.2, 0.25) is 5.43 Å². The van der Waals surface area contributed by atoms with E-state index < -0.39 is 17.2 Å². The number of hydrogen-bond acceptors (Lipinski definition) is 3. The van der Waals surface area contributed by atoms with Gasteiger partial charge in [-0.1, -0.05) is 30.3 Å². The molecule has 134 valence electrons. The minimum Gasteiger partial charge on any atom is -0.477 e. The van der Waals surface area contributed by atoms with Gasteiger partial charge in [0.05, 0.1) is 16.4 Å². The van der Waals surface area contributed by atoms with Crippen molar-refractivity contribution in [2.45, 2.75) is 18.9 Å². The Morgan fingerprint density at radius 3 is 2.67 bits per heavy atom. The number of carboxylic acid groups (broad SMARTS) is 1. The van der Waals surface area contributed by atoms with E-state index in [9.17, 15) is 19.1 Å². The number of benzene rings is 2. The van der Waals surface area contributed by atoms with Crippen molar-refractivity contribution in [1.29, 1.82) is 0 Å². The van der Waals surface area contributed by atoms with Crippen LogP contribution in [0.25, 0.3) is 33.3 Å². The van der Waals surface area contributed by atoms with Crippen molar-refractivity contribution in [3.8, 4) is 11.4 Å². The van der Waals surface area contributed by atoms with Gasteiger partial charge in [0.1, 0.15) is 16.9 Å². The van der Waals surface area contributed by atoms with E-state index in [2.05, 4.69) is 9.97 Å². The molecule has 1 aliphatic rings. The quantitative estimate of drug-likeness (QED) is 0.581. The Bertz CT molecular complexity index is 1290. The van der Waals surface area contributed by atoms with Crippen LogP contribution in [0.5, 0.6) is 0 Å². The molecule has 2 heterocycles. The van der Waals surface area contributed by atoms with Crippen molar-refractivity contribution in [3.63, 3.8) is 0 Å². The van der Waals surface area contributed by atoms with E-state index in [1.165, 1.54) is 6.20 Å². The van der Waals surface area contributed by atoms with E-state index >= 15 is 0 Å². The highest BCUT2D eigenvalue weighted by Crippen LogP contribution is 2.39. The number of aromatic carboxylic acids is 1. The minimum absolute atomic E-state index is 0.0510. The smallest absolute Gasteiger partial charge is 0.341 e. The fraction of sp³-hybridized carbons (Fsp3) is 0.150. The molecule has 0 radical (unpaired) electrons. The van der Waals surface area contributed by atoms with Crippen LogP contribution in [0.4, 0.5) is 4.39 Å². The standard InChI is InChI=1S/C20H14FN3O3/c21-14-8-12-17(24(11-6-7-11)9-13(18(12)25)20(26)27)16-15(14)22-19(23-16)10-4-2-1-3-5-10/h1-5,8-9,11H,6-7H2,(H,22,23)(H,26,27). The number of nitrogens with zero attached hydrogens (tertiary/aromatic N) is 2. The third kappa shape index (κ3) is 2.35. The highest BCUT2D eigenvalue weighted by molar-refractivity contribution is 6.05. The lowest BCUT2D eigenvalue weighted by atomic mass is 10.1. The molecule has 1 fully saturated rings. The maximum atomic E-state index is 14.7. The van der Waals surface area contributed by atoms with Crippen LogP contribution >= 0.6 is 0 Å². The first-order valence-electron chi connectivity index (χ1n) is 8.60. The number of rotatable bonds is 3. The van der Waals surface area contributed by atoms with Gasteiger partial charge in [0.15, 0.2) is 5.82 Å². The van der Waals surface area contributed by atoms with Crippen molar-refractivity contribution in [2.24, 2.45) is 0 Å². The Hall–Kier alpha value is -3.48. The first-order chi connectivity index (χ1) is 13.0. The SMILES string of the molecule is O=C(O)c1cn(C2CC2)c2c(cc(F)c3nc(-c4ccccc4)[nH]c32)c1=O. The summed E-state index contributed by atoms with van der Waals surface area (Å²) in [5.41, 5.74) is 0.798. The number of fused-ring (bicyclic) bond motifs is 3. The summed E-state index contributed by atoms with van der Waals surface area (Å²) in [6.45, 7) is 0. The molecule has 0 aliphatic heterocycles. The highest BCUT2D eigenvalue weighted by atomic mass is 19.1. The number of aromatic nitrogens is 3. The van der Waals surface area contributed by atoms with Crippen LogP contribution < -0.4 is 5.43 Å². The molecule has 0 unspecified atom stereocenters. The Kier molecular flexibility index (Phi) is 3.21. The molecule has 1 aliphatic carbocycles. The molecule has 0 atom stereocenters. The van der Waals surface area contributed by atoms with Crippen LogP contribution in [0.3, 0.4) is 0 Å². The van der Waals surface area contributed by atoms with E-state index in [4.69, 9.17) is 0 Å². The van der Waals surface area contributed by atoms with Crippen LogP contribution in [0, 0.1) is 5.82 Å². The normalized spacial score (nSPS) is 14.1. The van der Waals surface area contributed by atoms with Gasteiger partial charge in [-0.2, -0.15) is 0 Å². The van der Waals surface area contributed by atoms with Crippen LogP contribution in [0.1, 0.15) is 29.2 Å². The monoisotopic (exact) mass is 363 g/mol. The van der Waals surface area contributed by atoms with E-state index in [1.54, 1.807) is 4.57 Å². The van der Waals surface area contributed by atoms with E-state index in [1.807, 2.05) is 30.3 Å². The average molecular weight is 363 g/mol. The summed E-state index contributed by atoms with van der Waals surface area (Å²) in [4.78, 5) is 31.6. The second-order valence-electron chi connectivity index (χ2n) is 6.75. The number of halogens is 1. The highest BCUT2D eigenvalue weighted by Gasteiger charge is 2.29. The molecule has 7 heteroatoms. The molecule has 0 saturated heterocycles. The number of carbonyl (C=O) groups is 1. The third-order valence-electron chi connectivity index (χ3n) is 4.93. The maximum absolute atomic E-state index is 14.7. The summed E-state index contributed by atoms with van der Waals surface area (Å²) in [6.07, 6.45) is 3.14. The number of hydrogen-bond donors (Lipinski definition) is 2. The zero-order chi connectivity index (χ0) is 18.7. The topological polar surface area (TPSA) is 88.0 Å². The summed E-state index contributed by atoms with van der Waals surface area (Å²) in [7, 11) is 0. The van der Waals surface area contributed by atoms with Gasteiger partial charge in [0, 0.05) is 17.8 Å². The number of imidazole rings is 1. The van der Waals surface area contributed by atoms with Gasteiger partial charge in [-0.3, -0.25) is 4.79 Å². The van der Waals surface area contributed by atoms with Crippen molar-refractivity contribution in [3.05, 3.63) is 64.2 Å². The van der Waals surface area contributed by atoms with Gasteiger partial charge in [0.25, 0.3) is 0 Å². The van der Waals surface area contributed by atoms with Crippen LogP contribution in [-0.2, 0) is 0 Å². The summed E-state index contributed by atoms with van der Waals surface area (Å²) in [5.74, 6) is -1.47. The first-order valence-corrected chi connectivity index (χ1v) is 8.60. The number of carboxylic acids is 1. The molecule has 27 heavy (non-hydrogen) atoms. The second-order valence-corrected chi connectivity index (χ2v) is 6.75. The lowest BCUT2D eigenvalue weighted by Crippen LogP contribution is -2.19. The van der Waals surface area contributed by atoms with Gasteiger partial charge < -0.3 is 14.7 Å². The summed E-state index contributed by atoms with van der Waals surface area (Å²) in [6, 6.07) is 10.5. The maximum Gasteiger partial charge on any atom is 0.341 e. The summed E-state index contributed by atoms with van der Waals surface area (Å²) < 4.78 is 16.5. The van der Waals surface area contributed by atoms with E-state index in [0.717, 1.165) is 24.5 Å². The molecule has 4 aromatic rings. The van der Waals surface area contributed by atoms with Crippen LogP contribution in [0.15, 0.2) is 47.4 Å². The van der Waals surface area contributed by atoms with Crippen molar-refractivity contribution in [1.82, 2.24) is 14.5 Å². The zero-order valence-corrected chi connectivity index (χ0v) is 14.1. The Morgan fingerprint density at radius 2 is 2.00 bits per heavy atom. The predicted octanol–water partition coefficient (Wildman–Crippen LogP) is 3.72. The second kappa shape index (κ2) is 5.51. The predicted molar refractivity (Wildman–Crippen MR) is 98.5 cm³/mol. The molecule has 1 saturated carbocycles. The number of pyridine rings is 1. The molecule has 0 bridgehead atoms. The Balaban J connectivity index is 1.92. The minimum atomic E-state index is -1.31. The van der Waals surface area contributed by atoms with Gasteiger partial charge in [-0.25, -0.2) is 14.2 Å². The molecule has 2 aromatic carbocycles. The van der Waals surface area contributed by atoms with Gasteiger partial charge in [-0.15, -0.1) is 0 Å². The van der Waals surface area contributed by atoms with Gasteiger partial charge >= 0.3 is 5.97 Å². The summed E-state index contributed by atoms with van der Waals surface area (Å²) in [5, 5.41) is 9.41.